The van der Waals surface area contributed by atoms with Crippen LogP contribution in [-0.4, -0.2) is 74.2 Å². The van der Waals surface area contributed by atoms with Crippen LogP contribution in [0.25, 0.3) is 0 Å². The standard InChI is InChI=1S/C18H29N7O2S/c1-13(18-14(2)28-15(3)19-18)23(4)17(26)6-5-7-25-16(20-21-22-25)12-24-8-10-27-11-9-24/h13H,5-12H2,1-4H3/t13-/m0/s1. The van der Waals surface area contributed by atoms with E-state index in [1.54, 1.807) is 20.9 Å². The first-order chi connectivity index (χ1) is 13.5. The molecule has 0 radical (unpaired) electrons. The minimum absolute atomic E-state index is 0.0256. The molecule has 28 heavy (non-hydrogen) atoms. The highest BCUT2D eigenvalue weighted by atomic mass is 32.1. The van der Waals surface area contributed by atoms with Crippen LogP contribution in [0, 0.1) is 13.8 Å². The summed E-state index contributed by atoms with van der Waals surface area (Å²) in [5.74, 6) is 0.949. The van der Waals surface area contributed by atoms with Gasteiger partial charge in [0, 0.05) is 38.0 Å². The average molecular weight is 408 g/mol. The Balaban J connectivity index is 1.49. The fourth-order valence-electron chi connectivity index (χ4n) is 3.36. The van der Waals surface area contributed by atoms with Gasteiger partial charge in [0.1, 0.15) is 0 Å². The fraction of sp³-hybridized carbons (Fsp3) is 0.722. The number of ether oxygens (including phenoxy) is 1. The van der Waals surface area contributed by atoms with Crippen molar-refractivity contribution in [2.75, 3.05) is 33.4 Å². The summed E-state index contributed by atoms with van der Waals surface area (Å²) in [6.45, 7) is 10.7. The van der Waals surface area contributed by atoms with Gasteiger partial charge >= 0.3 is 0 Å². The molecular weight excluding hydrogens is 378 g/mol. The van der Waals surface area contributed by atoms with Crippen LogP contribution in [-0.2, 0) is 22.6 Å². The number of aryl methyl sites for hydroxylation is 3. The molecule has 0 aromatic carbocycles. The molecule has 1 atom stereocenters. The molecule has 2 aromatic heterocycles. The number of hydrogen-bond acceptors (Lipinski definition) is 8. The zero-order valence-electron chi connectivity index (χ0n) is 17.1. The zero-order chi connectivity index (χ0) is 20.1. The van der Waals surface area contributed by atoms with Crippen LogP contribution >= 0.6 is 11.3 Å². The predicted molar refractivity (Wildman–Crippen MR) is 106 cm³/mol. The van der Waals surface area contributed by atoms with Crippen molar-refractivity contribution >= 4 is 17.2 Å². The summed E-state index contributed by atoms with van der Waals surface area (Å²) in [6, 6.07) is -0.0256. The monoisotopic (exact) mass is 407 g/mol. The molecular formula is C18H29N7O2S. The van der Waals surface area contributed by atoms with Crippen molar-refractivity contribution in [1.82, 2.24) is 35.0 Å². The van der Waals surface area contributed by atoms with Crippen LogP contribution < -0.4 is 0 Å². The lowest BCUT2D eigenvalue weighted by atomic mass is 10.1. The number of morpholine rings is 1. The van der Waals surface area contributed by atoms with Crippen molar-refractivity contribution < 1.29 is 9.53 Å². The highest BCUT2D eigenvalue weighted by molar-refractivity contribution is 7.11. The number of carbonyl (C=O) groups is 1. The van der Waals surface area contributed by atoms with Crippen LogP contribution in [0.2, 0.25) is 0 Å². The highest BCUT2D eigenvalue weighted by Gasteiger charge is 2.21. The van der Waals surface area contributed by atoms with Gasteiger partial charge in [-0.05, 0) is 37.6 Å². The first-order valence-electron chi connectivity index (χ1n) is 9.70. The molecule has 1 aliphatic heterocycles. The molecule has 0 saturated carbocycles. The number of rotatable bonds is 8. The number of carbonyl (C=O) groups excluding carboxylic acids is 1. The van der Waals surface area contributed by atoms with Crippen molar-refractivity contribution in [2.45, 2.75) is 52.7 Å². The lowest BCUT2D eigenvalue weighted by Gasteiger charge is -2.26. The van der Waals surface area contributed by atoms with E-state index >= 15 is 0 Å². The van der Waals surface area contributed by atoms with Gasteiger partial charge in [-0.25, -0.2) is 9.67 Å². The van der Waals surface area contributed by atoms with Crippen LogP contribution in [0.3, 0.4) is 0 Å². The first kappa shape index (κ1) is 20.8. The number of amides is 1. The normalized spacial score (nSPS) is 16.3. The minimum atomic E-state index is -0.0256. The number of tetrazole rings is 1. The summed E-state index contributed by atoms with van der Waals surface area (Å²) in [4.78, 5) is 22.4. The SMILES string of the molecule is Cc1nc([C@H](C)N(C)C(=O)CCCn2nnnc2CN2CCOCC2)c(C)s1. The van der Waals surface area contributed by atoms with Crippen molar-refractivity contribution in [3.8, 4) is 0 Å². The Morgan fingerprint density at radius 1 is 1.32 bits per heavy atom. The molecule has 9 nitrogen and oxygen atoms in total. The summed E-state index contributed by atoms with van der Waals surface area (Å²) >= 11 is 1.67. The van der Waals surface area contributed by atoms with Gasteiger partial charge < -0.3 is 9.64 Å². The van der Waals surface area contributed by atoms with Crippen LogP contribution in [0.1, 0.15) is 47.2 Å². The molecule has 1 aliphatic rings. The Bertz CT molecular complexity index is 785. The molecule has 10 heteroatoms. The van der Waals surface area contributed by atoms with Crippen molar-refractivity contribution in [3.63, 3.8) is 0 Å². The maximum absolute atomic E-state index is 12.6. The molecule has 154 valence electrons. The maximum Gasteiger partial charge on any atom is 0.222 e. The Morgan fingerprint density at radius 2 is 2.07 bits per heavy atom. The third kappa shape index (κ3) is 5.12. The second-order valence-corrected chi connectivity index (χ2v) is 8.57. The Hall–Kier alpha value is -1.91. The van der Waals surface area contributed by atoms with E-state index in [1.165, 1.54) is 4.88 Å². The topological polar surface area (TPSA) is 89.3 Å². The van der Waals surface area contributed by atoms with E-state index in [-0.39, 0.29) is 11.9 Å². The van der Waals surface area contributed by atoms with Crippen LogP contribution in [0.4, 0.5) is 0 Å². The molecule has 1 fully saturated rings. The fourth-order valence-corrected chi connectivity index (χ4v) is 4.27. The van der Waals surface area contributed by atoms with Gasteiger partial charge in [0.05, 0.1) is 36.5 Å². The molecule has 1 saturated heterocycles. The maximum atomic E-state index is 12.6. The third-order valence-electron chi connectivity index (χ3n) is 5.14. The van der Waals surface area contributed by atoms with E-state index in [0.29, 0.717) is 25.9 Å². The molecule has 0 bridgehead atoms. The Morgan fingerprint density at radius 3 is 2.75 bits per heavy atom. The van der Waals surface area contributed by atoms with Gasteiger partial charge in [-0.2, -0.15) is 0 Å². The molecule has 0 spiro atoms. The molecule has 0 aliphatic carbocycles. The molecule has 3 heterocycles. The third-order valence-corrected chi connectivity index (χ3v) is 6.05. The van der Waals surface area contributed by atoms with Gasteiger partial charge in [-0.1, -0.05) is 0 Å². The van der Waals surface area contributed by atoms with Gasteiger partial charge in [0.2, 0.25) is 5.91 Å². The molecule has 3 rings (SSSR count). The molecule has 0 N–H and O–H groups in total. The van der Waals surface area contributed by atoms with Gasteiger partial charge in [-0.15, -0.1) is 16.4 Å². The number of thiazole rings is 1. The second-order valence-electron chi connectivity index (χ2n) is 7.17. The summed E-state index contributed by atoms with van der Waals surface area (Å²) in [5.41, 5.74) is 0.992. The number of hydrogen-bond donors (Lipinski definition) is 0. The van der Waals surface area contributed by atoms with Gasteiger partial charge in [0.25, 0.3) is 0 Å². The predicted octanol–water partition coefficient (Wildman–Crippen LogP) is 1.58. The second kappa shape index (κ2) is 9.53. The van der Waals surface area contributed by atoms with E-state index in [2.05, 4.69) is 32.3 Å². The molecule has 1 amide bonds. The van der Waals surface area contributed by atoms with E-state index in [0.717, 1.165) is 42.8 Å². The van der Waals surface area contributed by atoms with Crippen LogP contribution in [0.5, 0.6) is 0 Å². The summed E-state index contributed by atoms with van der Waals surface area (Å²) in [7, 11) is 1.85. The quantitative estimate of drug-likeness (QED) is 0.656. The van der Waals surface area contributed by atoms with Gasteiger partial charge in [-0.3, -0.25) is 9.69 Å². The Labute approximate surface area is 169 Å². The average Bonchev–Trinajstić information content (AvgIpc) is 3.26. The zero-order valence-corrected chi connectivity index (χ0v) is 17.9. The lowest BCUT2D eigenvalue weighted by Crippen LogP contribution is -2.36. The largest absolute Gasteiger partial charge is 0.379 e. The van der Waals surface area contributed by atoms with Crippen molar-refractivity contribution in [3.05, 3.63) is 21.4 Å². The lowest BCUT2D eigenvalue weighted by molar-refractivity contribution is -0.132. The molecule has 0 unspecified atom stereocenters. The summed E-state index contributed by atoms with van der Waals surface area (Å²) in [5, 5.41) is 13.1. The van der Waals surface area contributed by atoms with E-state index < -0.39 is 0 Å². The number of aromatic nitrogens is 5. The van der Waals surface area contributed by atoms with E-state index in [9.17, 15) is 4.79 Å². The van der Waals surface area contributed by atoms with Gasteiger partial charge in [0.15, 0.2) is 5.82 Å². The highest BCUT2D eigenvalue weighted by Crippen LogP contribution is 2.26. The summed E-state index contributed by atoms with van der Waals surface area (Å²) in [6.07, 6.45) is 1.16. The van der Waals surface area contributed by atoms with Crippen LogP contribution in [0.15, 0.2) is 0 Å². The Kier molecular flexibility index (Phi) is 7.08. The summed E-state index contributed by atoms with van der Waals surface area (Å²) < 4.78 is 7.18. The number of nitrogens with zero attached hydrogens (tertiary/aromatic N) is 7. The van der Waals surface area contributed by atoms with E-state index in [4.69, 9.17) is 4.74 Å². The van der Waals surface area contributed by atoms with Crippen molar-refractivity contribution in [2.24, 2.45) is 0 Å². The smallest absolute Gasteiger partial charge is 0.222 e. The minimum Gasteiger partial charge on any atom is -0.379 e. The van der Waals surface area contributed by atoms with Crippen molar-refractivity contribution in [1.29, 1.82) is 0 Å². The van der Waals surface area contributed by atoms with E-state index in [1.807, 2.05) is 20.9 Å². The molecule has 2 aromatic rings. The first-order valence-corrected chi connectivity index (χ1v) is 10.5.